The average Bonchev–Trinajstić information content (AvgIpc) is 3.45. The summed E-state index contributed by atoms with van der Waals surface area (Å²) in [6.07, 6.45) is 8.55. The molecule has 1 saturated carbocycles. The molecule has 0 bridgehead atoms. The molecule has 1 aliphatic carbocycles. The second-order valence-corrected chi connectivity index (χ2v) is 9.18. The number of aryl methyl sites for hydroxylation is 2. The van der Waals surface area contributed by atoms with Gasteiger partial charge in [-0.15, -0.1) is 0 Å². The van der Waals surface area contributed by atoms with Gasteiger partial charge in [0.1, 0.15) is 22.8 Å². The second kappa shape index (κ2) is 8.07. The molecule has 5 aromatic rings. The monoisotopic (exact) mass is 434 g/mol. The Labute approximate surface area is 192 Å². The number of nitrogens with zero attached hydrogens (tertiary/aromatic N) is 4. The summed E-state index contributed by atoms with van der Waals surface area (Å²) in [4.78, 5) is 18.0. The van der Waals surface area contributed by atoms with Crippen LogP contribution in [-0.4, -0.2) is 19.9 Å². The predicted molar refractivity (Wildman–Crippen MR) is 131 cm³/mol. The Morgan fingerprint density at radius 3 is 2.39 bits per heavy atom. The highest BCUT2D eigenvalue weighted by Gasteiger charge is 2.16. The van der Waals surface area contributed by atoms with Crippen molar-refractivity contribution in [2.45, 2.75) is 46.0 Å². The highest BCUT2D eigenvalue weighted by atomic mass is 16.3. The highest BCUT2D eigenvalue weighted by Crippen LogP contribution is 2.34. The van der Waals surface area contributed by atoms with Gasteiger partial charge in [-0.3, -0.25) is 4.98 Å². The van der Waals surface area contributed by atoms with Crippen LogP contribution in [0.5, 0.6) is 0 Å². The zero-order valence-corrected chi connectivity index (χ0v) is 19.0. The maximum absolute atomic E-state index is 6.21. The Hall–Kier alpha value is -3.60. The van der Waals surface area contributed by atoms with Crippen LogP contribution in [0.15, 0.2) is 59.1 Å². The molecule has 33 heavy (non-hydrogen) atoms. The Kier molecular flexibility index (Phi) is 4.90. The standard InChI is InChI=1S/C28H26N4O/c1-17-30-18(2)32-28(31-17)22-8-10-26-24(15-22)23-9-7-21(16-27(23)33-26)25-14-20(11-12-29-25)13-19-5-3-4-6-19/h7-12,14-16,19H,3-6,13H2,1-2H3. The number of pyridine rings is 1. The summed E-state index contributed by atoms with van der Waals surface area (Å²) in [5.41, 5.74) is 6.15. The van der Waals surface area contributed by atoms with E-state index in [9.17, 15) is 0 Å². The van der Waals surface area contributed by atoms with Gasteiger partial charge in [-0.1, -0.05) is 31.7 Å². The fourth-order valence-electron chi connectivity index (χ4n) is 5.13. The van der Waals surface area contributed by atoms with Gasteiger partial charge in [0.15, 0.2) is 5.82 Å². The minimum absolute atomic E-state index is 0.691. The lowest BCUT2D eigenvalue weighted by Gasteiger charge is -2.10. The Morgan fingerprint density at radius 2 is 1.58 bits per heavy atom. The second-order valence-electron chi connectivity index (χ2n) is 9.18. The molecule has 3 aromatic heterocycles. The number of hydrogen-bond donors (Lipinski definition) is 0. The number of furan rings is 1. The first-order valence-corrected chi connectivity index (χ1v) is 11.7. The van der Waals surface area contributed by atoms with Gasteiger partial charge in [-0.05, 0) is 74.2 Å². The van der Waals surface area contributed by atoms with Gasteiger partial charge in [0.05, 0.1) is 5.69 Å². The summed E-state index contributed by atoms with van der Waals surface area (Å²) in [5, 5.41) is 2.15. The smallest absolute Gasteiger partial charge is 0.163 e. The average molecular weight is 435 g/mol. The van der Waals surface area contributed by atoms with Crippen molar-refractivity contribution in [1.29, 1.82) is 0 Å². The Bertz CT molecular complexity index is 1460. The van der Waals surface area contributed by atoms with Gasteiger partial charge in [0.25, 0.3) is 0 Å². The number of fused-ring (bicyclic) bond motifs is 3. The predicted octanol–water partition coefficient (Wildman–Crippen LogP) is 6.85. The molecule has 0 N–H and O–H groups in total. The third kappa shape index (κ3) is 3.88. The van der Waals surface area contributed by atoms with E-state index in [1.807, 2.05) is 32.2 Å². The highest BCUT2D eigenvalue weighted by molar-refractivity contribution is 6.07. The fourth-order valence-corrected chi connectivity index (χ4v) is 5.13. The number of rotatable bonds is 4. The van der Waals surface area contributed by atoms with Gasteiger partial charge in [-0.25, -0.2) is 15.0 Å². The maximum atomic E-state index is 6.21. The molecule has 2 aromatic carbocycles. The molecular weight excluding hydrogens is 408 g/mol. The van der Waals surface area contributed by atoms with Crippen molar-refractivity contribution < 1.29 is 4.42 Å². The van der Waals surface area contributed by atoms with E-state index in [4.69, 9.17) is 4.42 Å². The molecule has 5 heteroatoms. The van der Waals surface area contributed by atoms with Crippen molar-refractivity contribution in [3.05, 3.63) is 71.9 Å². The van der Waals surface area contributed by atoms with E-state index in [0.29, 0.717) is 5.82 Å². The lowest BCUT2D eigenvalue weighted by molar-refractivity contribution is 0.546. The molecular formula is C28H26N4O. The third-order valence-corrected chi connectivity index (χ3v) is 6.71. The van der Waals surface area contributed by atoms with Gasteiger partial charge in [-0.2, -0.15) is 0 Å². The Morgan fingerprint density at radius 1 is 0.788 bits per heavy atom. The summed E-state index contributed by atoms with van der Waals surface area (Å²) in [5.74, 6) is 2.96. The lowest BCUT2D eigenvalue weighted by atomic mass is 9.97. The SMILES string of the molecule is Cc1nc(C)nc(-c2ccc3oc4cc(-c5cc(CC6CCCC6)ccn5)ccc4c3c2)n1. The zero-order valence-electron chi connectivity index (χ0n) is 19.0. The van der Waals surface area contributed by atoms with Crippen molar-refractivity contribution >= 4 is 21.9 Å². The van der Waals surface area contributed by atoms with Crippen LogP contribution in [0, 0.1) is 19.8 Å². The molecule has 1 aliphatic rings. The van der Waals surface area contributed by atoms with E-state index in [2.05, 4.69) is 56.3 Å². The van der Waals surface area contributed by atoms with Crippen LogP contribution < -0.4 is 0 Å². The van der Waals surface area contributed by atoms with Crippen molar-refractivity contribution in [3.8, 4) is 22.6 Å². The summed E-state index contributed by atoms with van der Waals surface area (Å²) >= 11 is 0. The first kappa shape index (κ1) is 20.0. The molecule has 3 heterocycles. The van der Waals surface area contributed by atoms with Gasteiger partial charge in [0.2, 0.25) is 0 Å². The van der Waals surface area contributed by atoms with E-state index in [1.165, 1.54) is 31.2 Å². The molecule has 1 fully saturated rings. The van der Waals surface area contributed by atoms with Crippen molar-refractivity contribution in [2.75, 3.05) is 0 Å². The number of hydrogen-bond acceptors (Lipinski definition) is 5. The van der Waals surface area contributed by atoms with Crippen molar-refractivity contribution in [2.24, 2.45) is 5.92 Å². The van der Waals surface area contributed by atoms with E-state index >= 15 is 0 Å². The van der Waals surface area contributed by atoms with Crippen LogP contribution in [0.3, 0.4) is 0 Å². The molecule has 0 saturated heterocycles. The zero-order chi connectivity index (χ0) is 22.4. The van der Waals surface area contributed by atoms with Crippen LogP contribution in [-0.2, 0) is 6.42 Å². The molecule has 5 nitrogen and oxygen atoms in total. The third-order valence-electron chi connectivity index (χ3n) is 6.71. The van der Waals surface area contributed by atoms with Gasteiger partial charge < -0.3 is 4.42 Å². The number of aromatic nitrogens is 4. The van der Waals surface area contributed by atoms with E-state index < -0.39 is 0 Å². The first-order chi connectivity index (χ1) is 16.1. The van der Waals surface area contributed by atoms with Crippen LogP contribution in [0.4, 0.5) is 0 Å². The molecule has 0 amide bonds. The normalized spacial score (nSPS) is 14.5. The molecule has 0 radical (unpaired) electrons. The minimum Gasteiger partial charge on any atom is -0.456 e. The molecule has 0 atom stereocenters. The van der Waals surface area contributed by atoms with Crippen molar-refractivity contribution in [1.82, 2.24) is 19.9 Å². The van der Waals surface area contributed by atoms with Crippen LogP contribution >= 0.6 is 0 Å². The minimum atomic E-state index is 0.691. The molecule has 0 unspecified atom stereocenters. The molecule has 0 spiro atoms. The summed E-state index contributed by atoms with van der Waals surface area (Å²) < 4.78 is 6.21. The summed E-state index contributed by atoms with van der Waals surface area (Å²) in [6.45, 7) is 3.78. The van der Waals surface area contributed by atoms with Gasteiger partial charge in [0, 0.05) is 28.1 Å². The fraction of sp³-hybridized carbons (Fsp3) is 0.286. The summed E-state index contributed by atoms with van der Waals surface area (Å²) in [7, 11) is 0. The van der Waals surface area contributed by atoms with Gasteiger partial charge >= 0.3 is 0 Å². The van der Waals surface area contributed by atoms with Crippen LogP contribution in [0.25, 0.3) is 44.6 Å². The summed E-state index contributed by atoms with van der Waals surface area (Å²) in [6, 6.07) is 16.9. The van der Waals surface area contributed by atoms with E-state index in [0.717, 1.165) is 62.7 Å². The van der Waals surface area contributed by atoms with Crippen molar-refractivity contribution in [3.63, 3.8) is 0 Å². The Balaban J connectivity index is 1.37. The first-order valence-electron chi connectivity index (χ1n) is 11.7. The largest absolute Gasteiger partial charge is 0.456 e. The van der Waals surface area contributed by atoms with E-state index in [-0.39, 0.29) is 0 Å². The molecule has 164 valence electrons. The topological polar surface area (TPSA) is 64.7 Å². The van der Waals surface area contributed by atoms with Crippen LogP contribution in [0.2, 0.25) is 0 Å². The number of benzene rings is 2. The molecule has 6 rings (SSSR count). The van der Waals surface area contributed by atoms with E-state index in [1.54, 1.807) is 0 Å². The maximum Gasteiger partial charge on any atom is 0.163 e. The molecule has 0 aliphatic heterocycles. The van der Waals surface area contributed by atoms with Crippen LogP contribution in [0.1, 0.15) is 42.9 Å². The lowest BCUT2D eigenvalue weighted by Crippen LogP contribution is -1.99. The quantitative estimate of drug-likeness (QED) is 0.309.